The third kappa shape index (κ3) is 13.9. The molecule has 14 N–H and O–H groups in total. The van der Waals surface area contributed by atoms with Gasteiger partial charge in [-0.2, -0.15) is 0 Å². The first-order valence-electron chi connectivity index (χ1n) is 10.3. The maximum absolute atomic E-state index is 10.9. The number of aliphatic carboxylic acids is 2. The zero-order valence-corrected chi connectivity index (χ0v) is 20.0. The van der Waals surface area contributed by atoms with E-state index in [1.165, 1.54) is 39.3 Å². The van der Waals surface area contributed by atoms with Gasteiger partial charge >= 0.3 is 11.9 Å². The van der Waals surface area contributed by atoms with Crippen molar-refractivity contribution in [2.24, 2.45) is 28.7 Å². The van der Waals surface area contributed by atoms with Crippen molar-refractivity contribution in [1.29, 1.82) is 5.41 Å². The molecule has 188 valence electrons. The molecule has 0 amide bonds. The van der Waals surface area contributed by atoms with Gasteiger partial charge in [-0.15, -0.1) is 0 Å². The molecule has 0 aromatic rings. The zero-order valence-electron chi connectivity index (χ0n) is 18.4. The summed E-state index contributed by atoms with van der Waals surface area (Å²) in [5, 5.41) is 26.5. The fraction of sp³-hybridized carbons (Fsp3) is 0.824. The molecule has 1 heterocycles. The number of nitrogens with one attached hydrogen (secondary N) is 2. The van der Waals surface area contributed by atoms with E-state index < -0.39 is 29.6 Å². The van der Waals surface area contributed by atoms with Gasteiger partial charge in [0.15, 0.2) is 11.6 Å². The van der Waals surface area contributed by atoms with Crippen molar-refractivity contribution in [3.8, 4) is 0 Å². The van der Waals surface area contributed by atoms with Crippen LogP contribution in [0.5, 0.6) is 0 Å². The maximum Gasteiger partial charge on any atom is 0.345 e. The molecule has 1 aliphatic rings. The largest absolute Gasteiger partial charge is 0.480 e. The van der Waals surface area contributed by atoms with Crippen LogP contribution in [-0.4, -0.2) is 113 Å². The van der Waals surface area contributed by atoms with Gasteiger partial charge in [0, 0.05) is 31.9 Å². The molecule has 0 aromatic carbocycles. The summed E-state index contributed by atoms with van der Waals surface area (Å²) in [5.41, 5.74) is 24.9. The van der Waals surface area contributed by atoms with Gasteiger partial charge in [0.2, 0.25) is 0 Å². The van der Waals surface area contributed by atoms with E-state index in [9.17, 15) is 9.59 Å². The topological polar surface area (TPSA) is 247 Å². The average Bonchev–Trinajstić information content (AvgIpc) is 2.74. The number of carboxylic acids is 2. The first kappa shape index (κ1) is 30.7. The summed E-state index contributed by atoms with van der Waals surface area (Å²) >= 11 is 0. The lowest BCUT2D eigenvalue weighted by molar-refractivity contribution is -0.143. The molecule has 0 unspecified atom stereocenters. The zero-order chi connectivity index (χ0) is 24.6. The number of nitrogens with two attached hydrogens (primary N) is 5. The summed E-state index contributed by atoms with van der Waals surface area (Å²) in [6.45, 7) is 8.76. The van der Waals surface area contributed by atoms with Crippen LogP contribution in [0.1, 0.15) is 12.8 Å². The molecule has 13 nitrogen and oxygen atoms in total. The number of nitrogens with zero attached hydrogens (tertiary/aromatic N) is 2. The summed E-state index contributed by atoms with van der Waals surface area (Å²) in [6, 6.07) is -1.03. The van der Waals surface area contributed by atoms with Crippen LogP contribution in [0, 0.1) is 5.41 Å². The van der Waals surface area contributed by atoms with E-state index in [-0.39, 0.29) is 11.5 Å². The fourth-order valence-electron chi connectivity index (χ4n) is 2.59. The van der Waals surface area contributed by atoms with Crippen LogP contribution in [0.15, 0.2) is 0 Å². The highest BCUT2D eigenvalue weighted by molar-refractivity contribution is 8.76. The molecule has 0 radical (unpaired) electrons. The lowest BCUT2D eigenvalue weighted by Crippen LogP contribution is -2.64. The van der Waals surface area contributed by atoms with Crippen molar-refractivity contribution in [2.75, 3.05) is 63.9 Å². The highest BCUT2D eigenvalue weighted by Gasteiger charge is 2.34. The van der Waals surface area contributed by atoms with E-state index in [0.717, 1.165) is 47.5 Å². The van der Waals surface area contributed by atoms with Gasteiger partial charge < -0.3 is 48.3 Å². The predicted molar refractivity (Wildman–Crippen MR) is 130 cm³/mol. The molecule has 1 saturated heterocycles. The molecule has 0 aliphatic carbocycles. The molecular weight excluding hydrogens is 458 g/mol. The molecule has 0 saturated carbocycles. The van der Waals surface area contributed by atoms with Crippen LogP contribution in [0.25, 0.3) is 0 Å². The Labute approximate surface area is 197 Å². The third-order valence-corrected chi connectivity index (χ3v) is 6.99. The predicted octanol–water partition coefficient (Wildman–Crippen LogP) is -2.70. The highest BCUT2D eigenvalue weighted by atomic mass is 33.1. The summed E-state index contributed by atoms with van der Waals surface area (Å²) in [6.07, 6.45) is 2.26. The number of rotatable bonds is 14. The monoisotopic (exact) mass is 497 g/mol. The van der Waals surface area contributed by atoms with Gasteiger partial charge in [-0.1, -0.05) is 21.6 Å². The van der Waals surface area contributed by atoms with Crippen molar-refractivity contribution in [1.82, 2.24) is 15.1 Å². The molecule has 1 aliphatic heterocycles. The van der Waals surface area contributed by atoms with Crippen molar-refractivity contribution in [3.05, 3.63) is 0 Å². The van der Waals surface area contributed by atoms with E-state index in [1.54, 1.807) is 0 Å². The average molecular weight is 498 g/mol. The van der Waals surface area contributed by atoms with Crippen LogP contribution in [-0.2, 0) is 9.59 Å². The summed E-state index contributed by atoms with van der Waals surface area (Å²) in [7, 11) is 2.11. The number of piperazine rings is 1. The molecule has 1 rings (SSSR count). The van der Waals surface area contributed by atoms with Crippen molar-refractivity contribution in [2.45, 2.75) is 24.5 Å². The Morgan fingerprint density at radius 2 is 1.50 bits per heavy atom. The first-order chi connectivity index (χ1) is 15.1. The second-order valence-corrected chi connectivity index (χ2v) is 9.78. The van der Waals surface area contributed by atoms with E-state index in [2.05, 4.69) is 15.1 Å². The highest BCUT2D eigenvalue weighted by Crippen LogP contribution is 2.24. The molecular formula is C17H39N9O4S2. The van der Waals surface area contributed by atoms with Crippen molar-refractivity contribution >= 4 is 39.5 Å². The van der Waals surface area contributed by atoms with E-state index >= 15 is 0 Å². The van der Waals surface area contributed by atoms with Crippen LogP contribution in [0.3, 0.4) is 0 Å². The maximum atomic E-state index is 10.9. The number of hydrogen-bond acceptors (Lipinski definition) is 11. The van der Waals surface area contributed by atoms with Crippen LogP contribution in [0.4, 0.5) is 0 Å². The standard InChI is InChI=1S/C10H24N4.C7H15N5O4S2/c11-3-1-5-13-7-9-14(10-8-13)6-2-4-12;8-3(4(13)14)1-17-18-2-7(11,5(15)16)12-6(9)10/h1-12H2;3H,1-2,8,11H2,(H,13,14)(H,15,16)(H4,9,10,12)/t;3-,7+/m.0/s1. The molecule has 0 aromatic heterocycles. The van der Waals surface area contributed by atoms with Gasteiger partial charge in [0.05, 0.1) is 5.75 Å². The van der Waals surface area contributed by atoms with Crippen molar-refractivity contribution in [3.63, 3.8) is 0 Å². The Morgan fingerprint density at radius 3 is 1.84 bits per heavy atom. The van der Waals surface area contributed by atoms with Gasteiger partial charge in [-0.05, 0) is 39.0 Å². The Kier molecular flexibility index (Phi) is 16.5. The minimum absolute atomic E-state index is 0.107. The molecule has 15 heteroatoms. The normalized spacial score (nSPS) is 17.5. The number of carbonyl (C=O) groups is 2. The van der Waals surface area contributed by atoms with Gasteiger partial charge in [-0.25, -0.2) is 4.79 Å². The third-order valence-electron chi connectivity index (χ3n) is 4.50. The SMILES string of the molecule is N=C(N)N[C@](N)(CSSC[C@H](N)C(=O)O)C(=O)O.NCCCN1CCN(CCCN)CC1. The van der Waals surface area contributed by atoms with Crippen LogP contribution >= 0.6 is 21.6 Å². The number of hydrogen-bond donors (Lipinski definition) is 9. The Balaban J connectivity index is 0.000000618. The second-order valence-electron chi connectivity index (χ2n) is 7.27. The fourth-order valence-corrected chi connectivity index (χ4v) is 4.97. The number of carboxylic acid groups (broad SMARTS) is 2. The minimum atomic E-state index is -1.88. The van der Waals surface area contributed by atoms with Crippen LogP contribution in [0.2, 0.25) is 0 Å². The van der Waals surface area contributed by atoms with E-state index in [4.69, 9.17) is 44.3 Å². The first-order valence-corrected chi connectivity index (χ1v) is 12.8. The molecule has 0 spiro atoms. The van der Waals surface area contributed by atoms with Gasteiger partial charge in [-0.3, -0.25) is 15.9 Å². The lowest BCUT2D eigenvalue weighted by atomic mass is 10.2. The molecule has 2 atom stereocenters. The van der Waals surface area contributed by atoms with Gasteiger partial charge in [0.25, 0.3) is 0 Å². The second kappa shape index (κ2) is 17.2. The minimum Gasteiger partial charge on any atom is -0.480 e. The Morgan fingerprint density at radius 1 is 1.03 bits per heavy atom. The summed E-state index contributed by atoms with van der Waals surface area (Å²) < 4.78 is 0. The molecule has 0 bridgehead atoms. The molecule has 32 heavy (non-hydrogen) atoms. The van der Waals surface area contributed by atoms with Crippen LogP contribution < -0.4 is 34.0 Å². The summed E-state index contributed by atoms with van der Waals surface area (Å²) in [5.74, 6) is -3.07. The lowest BCUT2D eigenvalue weighted by Gasteiger charge is -2.34. The van der Waals surface area contributed by atoms with E-state index in [0.29, 0.717) is 0 Å². The Bertz CT molecular complexity index is 552. The number of guanidine groups is 1. The van der Waals surface area contributed by atoms with Crippen molar-refractivity contribution < 1.29 is 19.8 Å². The Hall–Kier alpha value is -1.33. The van der Waals surface area contributed by atoms with Gasteiger partial charge in [0.1, 0.15) is 6.04 Å². The summed E-state index contributed by atoms with van der Waals surface area (Å²) in [4.78, 5) is 26.3. The molecule has 1 fully saturated rings. The van der Waals surface area contributed by atoms with E-state index in [1.807, 2.05) is 0 Å². The quantitative estimate of drug-likeness (QED) is 0.0389. The smallest absolute Gasteiger partial charge is 0.345 e.